The highest BCUT2D eigenvalue weighted by Crippen LogP contribution is 2.40. The Morgan fingerprint density at radius 2 is 2.05 bits per heavy atom. The zero-order valence-electron chi connectivity index (χ0n) is 12.8. The summed E-state index contributed by atoms with van der Waals surface area (Å²) in [6.45, 7) is 5.91. The zero-order chi connectivity index (χ0) is 14.8. The van der Waals surface area contributed by atoms with Gasteiger partial charge < -0.3 is 14.8 Å². The molecule has 2 atom stereocenters. The molecule has 2 unspecified atom stereocenters. The Hall–Kier alpha value is -0.740. The van der Waals surface area contributed by atoms with Crippen LogP contribution in [0.15, 0.2) is 16.6 Å². The fraction of sp³-hybridized carbons (Fsp3) is 0.647. The molecule has 21 heavy (non-hydrogen) atoms. The van der Waals surface area contributed by atoms with Gasteiger partial charge in [0, 0.05) is 12.6 Å². The van der Waals surface area contributed by atoms with Crippen LogP contribution in [-0.4, -0.2) is 12.8 Å². The summed E-state index contributed by atoms with van der Waals surface area (Å²) in [6, 6.07) is 4.86. The van der Waals surface area contributed by atoms with Crippen LogP contribution in [-0.2, 0) is 6.54 Å². The highest BCUT2D eigenvalue weighted by atomic mass is 79.9. The predicted octanol–water partition coefficient (Wildman–Crippen LogP) is 4.48. The topological polar surface area (TPSA) is 30.5 Å². The van der Waals surface area contributed by atoms with Crippen molar-refractivity contribution in [2.45, 2.75) is 52.1 Å². The van der Waals surface area contributed by atoms with E-state index in [1.807, 2.05) is 0 Å². The molecule has 3 nitrogen and oxygen atoms in total. The first-order valence-corrected chi connectivity index (χ1v) is 8.76. The number of hydrogen-bond donors (Lipinski definition) is 1. The molecule has 1 fully saturated rings. The van der Waals surface area contributed by atoms with Crippen LogP contribution in [0, 0.1) is 11.8 Å². The molecule has 1 aromatic carbocycles. The Morgan fingerprint density at radius 1 is 1.24 bits per heavy atom. The number of fused-ring (bicyclic) bond motifs is 1. The average Bonchev–Trinajstić information content (AvgIpc) is 2.94. The number of hydrogen-bond acceptors (Lipinski definition) is 3. The minimum Gasteiger partial charge on any atom is -0.454 e. The Bertz CT molecular complexity index is 504. The van der Waals surface area contributed by atoms with E-state index >= 15 is 0 Å². The van der Waals surface area contributed by atoms with E-state index in [0.717, 1.165) is 34.4 Å². The normalized spacial score (nSPS) is 24.6. The van der Waals surface area contributed by atoms with Gasteiger partial charge in [-0.05, 0) is 58.3 Å². The van der Waals surface area contributed by atoms with E-state index in [4.69, 9.17) is 9.47 Å². The third-order valence-electron chi connectivity index (χ3n) is 4.73. The van der Waals surface area contributed by atoms with Gasteiger partial charge in [-0.1, -0.05) is 26.7 Å². The lowest BCUT2D eigenvalue weighted by molar-refractivity contribution is 0.173. The molecule has 1 aliphatic carbocycles. The van der Waals surface area contributed by atoms with Crippen molar-refractivity contribution < 1.29 is 9.47 Å². The molecule has 4 heteroatoms. The lowest BCUT2D eigenvalue weighted by atomic mass is 9.78. The van der Waals surface area contributed by atoms with Gasteiger partial charge in [-0.15, -0.1) is 0 Å². The van der Waals surface area contributed by atoms with Gasteiger partial charge in [-0.25, -0.2) is 0 Å². The van der Waals surface area contributed by atoms with Gasteiger partial charge in [0.2, 0.25) is 6.79 Å². The van der Waals surface area contributed by atoms with E-state index in [-0.39, 0.29) is 0 Å². The fourth-order valence-corrected chi connectivity index (χ4v) is 4.19. The predicted molar refractivity (Wildman–Crippen MR) is 87.7 cm³/mol. The first kappa shape index (κ1) is 15.2. The van der Waals surface area contributed by atoms with Crippen LogP contribution < -0.4 is 14.8 Å². The van der Waals surface area contributed by atoms with Gasteiger partial charge in [0.25, 0.3) is 0 Å². The molecule has 0 bridgehead atoms. The first-order chi connectivity index (χ1) is 10.1. The second-order valence-corrected chi connectivity index (χ2v) is 7.35. The van der Waals surface area contributed by atoms with Crippen LogP contribution in [0.4, 0.5) is 0 Å². The van der Waals surface area contributed by atoms with Crippen molar-refractivity contribution in [2.24, 2.45) is 11.8 Å². The summed E-state index contributed by atoms with van der Waals surface area (Å²) in [5.41, 5.74) is 1.25. The molecule has 1 aromatic rings. The van der Waals surface area contributed by atoms with Crippen molar-refractivity contribution in [3.05, 3.63) is 22.2 Å². The summed E-state index contributed by atoms with van der Waals surface area (Å²) >= 11 is 3.57. The Labute approximate surface area is 135 Å². The highest BCUT2D eigenvalue weighted by molar-refractivity contribution is 9.10. The summed E-state index contributed by atoms with van der Waals surface area (Å²) in [7, 11) is 0. The first-order valence-electron chi connectivity index (χ1n) is 7.96. The minimum atomic E-state index is 0.322. The standard InChI is InChI=1S/C17H24BrNO2/c1-11(2)13-5-3-4-6-15(13)19-9-12-7-14(18)17-16(8-12)20-10-21-17/h7-8,11,13,15,19H,3-6,9-10H2,1-2H3. The van der Waals surface area contributed by atoms with Gasteiger partial charge in [-0.3, -0.25) is 0 Å². The van der Waals surface area contributed by atoms with Crippen LogP contribution in [0.5, 0.6) is 11.5 Å². The molecule has 1 N–H and O–H groups in total. The van der Waals surface area contributed by atoms with E-state index in [0.29, 0.717) is 12.8 Å². The molecule has 3 rings (SSSR count). The molecule has 0 radical (unpaired) electrons. The lowest BCUT2D eigenvalue weighted by Gasteiger charge is -2.35. The monoisotopic (exact) mass is 353 g/mol. The van der Waals surface area contributed by atoms with Crippen LogP contribution >= 0.6 is 15.9 Å². The van der Waals surface area contributed by atoms with Gasteiger partial charge in [0.05, 0.1) is 4.47 Å². The van der Waals surface area contributed by atoms with Crippen LogP contribution in [0.2, 0.25) is 0 Å². The number of benzene rings is 1. The number of ether oxygens (including phenoxy) is 2. The maximum atomic E-state index is 5.49. The van der Waals surface area contributed by atoms with Crippen LogP contribution in [0.3, 0.4) is 0 Å². The molecular weight excluding hydrogens is 330 g/mol. The summed E-state index contributed by atoms with van der Waals surface area (Å²) in [4.78, 5) is 0. The second kappa shape index (κ2) is 6.57. The average molecular weight is 354 g/mol. The van der Waals surface area contributed by atoms with Gasteiger partial charge in [-0.2, -0.15) is 0 Å². The van der Waals surface area contributed by atoms with E-state index in [9.17, 15) is 0 Å². The zero-order valence-corrected chi connectivity index (χ0v) is 14.4. The smallest absolute Gasteiger partial charge is 0.231 e. The molecular formula is C17H24BrNO2. The van der Waals surface area contributed by atoms with Gasteiger partial charge in [0.1, 0.15) is 0 Å². The van der Waals surface area contributed by atoms with Crippen LogP contribution in [0.1, 0.15) is 45.1 Å². The van der Waals surface area contributed by atoms with Crippen molar-refractivity contribution in [1.82, 2.24) is 5.32 Å². The fourth-order valence-electron chi connectivity index (χ4n) is 3.58. The Kier molecular flexibility index (Phi) is 4.75. The molecule has 2 aliphatic rings. The molecule has 1 heterocycles. The number of halogens is 1. The number of rotatable bonds is 4. The quantitative estimate of drug-likeness (QED) is 0.865. The molecule has 0 amide bonds. The maximum absolute atomic E-state index is 5.49. The van der Waals surface area contributed by atoms with E-state index in [1.54, 1.807) is 0 Å². The molecule has 0 spiro atoms. The van der Waals surface area contributed by atoms with E-state index < -0.39 is 0 Å². The number of nitrogens with one attached hydrogen (secondary N) is 1. The van der Waals surface area contributed by atoms with Crippen molar-refractivity contribution in [2.75, 3.05) is 6.79 Å². The van der Waals surface area contributed by atoms with E-state index in [1.165, 1.54) is 31.2 Å². The molecule has 0 aromatic heterocycles. The lowest BCUT2D eigenvalue weighted by Crippen LogP contribution is -2.40. The van der Waals surface area contributed by atoms with Crippen LogP contribution in [0.25, 0.3) is 0 Å². The molecule has 1 aliphatic heterocycles. The van der Waals surface area contributed by atoms with Crippen molar-refractivity contribution in [3.63, 3.8) is 0 Å². The third-order valence-corrected chi connectivity index (χ3v) is 5.32. The summed E-state index contributed by atoms with van der Waals surface area (Å²) in [6.07, 6.45) is 5.40. The largest absolute Gasteiger partial charge is 0.454 e. The second-order valence-electron chi connectivity index (χ2n) is 6.49. The highest BCUT2D eigenvalue weighted by Gasteiger charge is 2.27. The van der Waals surface area contributed by atoms with Crippen molar-refractivity contribution >= 4 is 15.9 Å². The van der Waals surface area contributed by atoms with E-state index in [2.05, 4.69) is 47.2 Å². The Morgan fingerprint density at radius 3 is 2.86 bits per heavy atom. The van der Waals surface area contributed by atoms with Crippen molar-refractivity contribution in [3.8, 4) is 11.5 Å². The Balaban J connectivity index is 1.65. The molecule has 1 saturated carbocycles. The van der Waals surface area contributed by atoms with Crippen molar-refractivity contribution in [1.29, 1.82) is 0 Å². The summed E-state index contributed by atoms with van der Waals surface area (Å²) < 4.78 is 11.9. The third kappa shape index (κ3) is 3.37. The summed E-state index contributed by atoms with van der Waals surface area (Å²) in [5.74, 6) is 3.24. The molecule has 116 valence electrons. The maximum Gasteiger partial charge on any atom is 0.231 e. The minimum absolute atomic E-state index is 0.322. The SMILES string of the molecule is CC(C)C1CCCCC1NCc1cc(Br)c2c(c1)OCO2. The molecule has 0 saturated heterocycles. The van der Waals surface area contributed by atoms with Gasteiger partial charge in [0.15, 0.2) is 11.5 Å². The van der Waals surface area contributed by atoms with Gasteiger partial charge >= 0.3 is 0 Å². The summed E-state index contributed by atoms with van der Waals surface area (Å²) in [5, 5.41) is 3.77.